The normalized spacial score (nSPS) is 21.1. The van der Waals surface area contributed by atoms with Crippen LogP contribution in [-0.2, 0) is 6.54 Å². The molecule has 0 radical (unpaired) electrons. The van der Waals surface area contributed by atoms with Gasteiger partial charge in [-0.05, 0) is 35.8 Å². The van der Waals surface area contributed by atoms with Gasteiger partial charge in [-0.25, -0.2) is 5.84 Å². The zero-order valence-electron chi connectivity index (χ0n) is 11.7. The number of hydrazine groups is 1. The molecule has 1 aliphatic carbocycles. The Bertz CT molecular complexity index is 463. The Morgan fingerprint density at radius 2 is 2.00 bits per heavy atom. The van der Waals surface area contributed by atoms with Gasteiger partial charge in [0.15, 0.2) is 0 Å². The highest BCUT2D eigenvalue weighted by atomic mass is 32.1. The van der Waals surface area contributed by atoms with Crippen molar-refractivity contribution in [3.63, 3.8) is 0 Å². The second kappa shape index (κ2) is 6.22. The Morgan fingerprint density at radius 3 is 2.65 bits per heavy atom. The van der Waals surface area contributed by atoms with Gasteiger partial charge in [0.2, 0.25) is 0 Å². The molecular weight excluding hydrogens is 272 g/mol. The summed E-state index contributed by atoms with van der Waals surface area (Å²) in [7, 11) is 0. The van der Waals surface area contributed by atoms with Crippen LogP contribution in [0.2, 0.25) is 0 Å². The summed E-state index contributed by atoms with van der Waals surface area (Å²) in [4.78, 5) is 17.4. The average molecular weight is 294 g/mol. The minimum absolute atomic E-state index is 0.178. The number of carbonyl (C=O) groups is 1. The first kappa shape index (κ1) is 14.0. The quantitative estimate of drug-likeness (QED) is 0.481. The molecule has 3 rings (SSSR count). The summed E-state index contributed by atoms with van der Waals surface area (Å²) in [6, 6.07) is 2.03. The van der Waals surface area contributed by atoms with Crippen LogP contribution in [0.4, 0.5) is 0 Å². The Balaban J connectivity index is 1.51. The van der Waals surface area contributed by atoms with Crippen LogP contribution < -0.4 is 11.3 Å². The third kappa shape index (κ3) is 3.38. The highest BCUT2D eigenvalue weighted by Gasteiger charge is 2.26. The van der Waals surface area contributed by atoms with E-state index in [-0.39, 0.29) is 5.91 Å². The lowest BCUT2D eigenvalue weighted by molar-refractivity contribution is 0.0952. The SMILES string of the molecule is NNC(=O)c1sccc1CN1CCN(CC2CC2)CC1. The molecule has 6 heteroatoms. The lowest BCUT2D eigenvalue weighted by Crippen LogP contribution is -2.46. The molecule has 0 aromatic carbocycles. The van der Waals surface area contributed by atoms with E-state index in [9.17, 15) is 4.79 Å². The molecule has 1 saturated carbocycles. The van der Waals surface area contributed by atoms with Crippen LogP contribution in [0.25, 0.3) is 0 Å². The fourth-order valence-corrected chi connectivity index (χ4v) is 3.58. The van der Waals surface area contributed by atoms with Gasteiger partial charge in [-0.1, -0.05) is 0 Å². The summed E-state index contributed by atoms with van der Waals surface area (Å²) in [5.41, 5.74) is 3.32. The van der Waals surface area contributed by atoms with Crippen molar-refractivity contribution in [3.8, 4) is 0 Å². The van der Waals surface area contributed by atoms with E-state index in [2.05, 4.69) is 15.2 Å². The smallest absolute Gasteiger partial charge is 0.275 e. The van der Waals surface area contributed by atoms with Crippen LogP contribution in [-0.4, -0.2) is 48.4 Å². The van der Waals surface area contributed by atoms with Crippen molar-refractivity contribution < 1.29 is 4.79 Å². The van der Waals surface area contributed by atoms with Gasteiger partial charge in [-0.2, -0.15) is 0 Å². The van der Waals surface area contributed by atoms with Crippen molar-refractivity contribution in [2.24, 2.45) is 11.8 Å². The average Bonchev–Trinajstić information content (AvgIpc) is 3.16. The van der Waals surface area contributed by atoms with Crippen molar-refractivity contribution in [2.45, 2.75) is 19.4 Å². The van der Waals surface area contributed by atoms with E-state index in [4.69, 9.17) is 5.84 Å². The lowest BCUT2D eigenvalue weighted by atomic mass is 10.2. The van der Waals surface area contributed by atoms with E-state index >= 15 is 0 Å². The monoisotopic (exact) mass is 294 g/mol. The molecule has 1 saturated heterocycles. The molecule has 1 aliphatic heterocycles. The molecule has 0 bridgehead atoms. The standard InChI is InChI=1S/C14H22N4OS/c15-16-14(19)13-12(3-8-20-13)10-18-6-4-17(5-7-18)9-11-1-2-11/h3,8,11H,1-2,4-7,9-10,15H2,(H,16,19). The minimum Gasteiger partial charge on any atom is -0.301 e. The lowest BCUT2D eigenvalue weighted by Gasteiger charge is -2.34. The van der Waals surface area contributed by atoms with Crippen LogP contribution in [0.1, 0.15) is 28.1 Å². The molecule has 110 valence electrons. The third-order valence-electron chi connectivity index (χ3n) is 4.16. The number of rotatable bonds is 5. The third-order valence-corrected chi connectivity index (χ3v) is 5.11. The van der Waals surface area contributed by atoms with Crippen molar-refractivity contribution in [1.82, 2.24) is 15.2 Å². The van der Waals surface area contributed by atoms with Crippen molar-refractivity contribution in [3.05, 3.63) is 21.9 Å². The second-order valence-electron chi connectivity index (χ2n) is 5.77. The molecule has 0 spiro atoms. The van der Waals surface area contributed by atoms with Gasteiger partial charge in [0.25, 0.3) is 5.91 Å². The van der Waals surface area contributed by atoms with Crippen LogP contribution in [0.5, 0.6) is 0 Å². The summed E-state index contributed by atoms with van der Waals surface area (Å²) in [5, 5.41) is 1.96. The van der Waals surface area contributed by atoms with Gasteiger partial charge in [0.05, 0.1) is 4.88 Å². The number of nitrogen functional groups attached to an aromatic ring is 1. The van der Waals surface area contributed by atoms with E-state index in [0.29, 0.717) is 0 Å². The molecule has 2 heterocycles. The first-order valence-electron chi connectivity index (χ1n) is 7.28. The number of nitrogens with two attached hydrogens (primary N) is 1. The number of nitrogens with one attached hydrogen (secondary N) is 1. The molecule has 0 atom stereocenters. The predicted octanol–water partition coefficient (Wildman–Crippen LogP) is 0.879. The summed E-state index contributed by atoms with van der Waals surface area (Å²) >= 11 is 1.46. The molecule has 1 aromatic heterocycles. The van der Waals surface area contributed by atoms with Crippen LogP contribution >= 0.6 is 11.3 Å². The summed E-state index contributed by atoms with van der Waals surface area (Å²) in [5.74, 6) is 6.01. The Hall–Kier alpha value is -0.950. The molecule has 3 N–H and O–H groups in total. The van der Waals surface area contributed by atoms with Crippen molar-refractivity contribution in [1.29, 1.82) is 0 Å². The molecule has 1 amide bonds. The van der Waals surface area contributed by atoms with E-state index in [1.165, 1.54) is 30.7 Å². The number of carbonyl (C=O) groups excluding carboxylic acids is 1. The zero-order valence-corrected chi connectivity index (χ0v) is 12.5. The number of hydrogen-bond acceptors (Lipinski definition) is 5. The summed E-state index contributed by atoms with van der Waals surface area (Å²) in [6.45, 7) is 6.62. The fourth-order valence-electron chi connectivity index (χ4n) is 2.76. The maximum Gasteiger partial charge on any atom is 0.275 e. The molecule has 2 aliphatic rings. The van der Waals surface area contributed by atoms with Crippen molar-refractivity contribution >= 4 is 17.2 Å². The Labute approximate surface area is 123 Å². The number of thiophene rings is 1. The van der Waals surface area contributed by atoms with Gasteiger partial charge in [0.1, 0.15) is 0 Å². The van der Waals surface area contributed by atoms with Gasteiger partial charge in [-0.15, -0.1) is 11.3 Å². The highest BCUT2D eigenvalue weighted by molar-refractivity contribution is 7.12. The number of nitrogens with zero attached hydrogens (tertiary/aromatic N) is 2. The first-order valence-corrected chi connectivity index (χ1v) is 8.16. The van der Waals surface area contributed by atoms with Crippen LogP contribution in [0.3, 0.4) is 0 Å². The predicted molar refractivity (Wildman–Crippen MR) is 80.4 cm³/mol. The minimum atomic E-state index is -0.178. The summed E-state index contributed by atoms with van der Waals surface area (Å²) < 4.78 is 0. The highest BCUT2D eigenvalue weighted by Crippen LogP contribution is 2.30. The number of piperazine rings is 1. The van der Waals surface area contributed by atoms with E-state index < -0.39 is 0 Å². The molecule has 0 unspecified atom stereocenters. The maximum absolute atomic E-state index is 11.7. The topological polar surface area (TPSA) is 61.6 Å². The second-order valence-corrected chi connectivity index (χ2v) is 6.68. The molecule has 5 nitrogen and oxygen atoms in total. The maximum atomic E-state index is 11.7. The van der Waals surface area contributed by atoms with E-state index in [1.807, 2.05) is 11.4 Å². The largest absolute Gasteiger partial charge is 0.301 e. The van der Waals surface area contributed by atoms with E-state index in [1.54, 1.807) is 0 Å². The summed E-state index contributed by atoms with van der Waals surface area (Å²) in [6.07, 6.45) is 2.85. The fraction of sp³-hybridized carbons (Fsp3) is 0.643. The van der Waals surface area contributed by atoms with Gasteiger partial charge in [0, 0.05) is 39.3 Å². The molecular formula is C14H22N4OS. The Kier molecular flexibility index (Phi) is 4.35. The number of hydrogen-bond donors (Lipinski definition) is 2. The van der Waals surface area contributed by atoms with Gasteiger partial charge in [-0.3, -0.25) is 15.1 Å². The molecule has 2 fully saturated rings. The van der Waals surface area contributed by atoms with Crippen LogP contribution in [0.15, 0.2) is 11.4 Å². The zero-order chi connectivity index (χ0) is 13.9. The number of amides is 1. The first-order chi connectivity index (χ1) is 9.76. The van der Waals surface area contributed by atoms with Gasteiger partial charge < -0.3 is 4.90 Å². The van der Waals surface area contributed by atoms with Gasteiger partial charge >= 0.3 is 0 Å². The van der Waals surface area contributed by atoms with Crippen LogP contribution in [0, 0.1) is 5.92 Å². The Morgan fingerprint density at radius 1 is 1.30 bits per heavy atom. The molecule has 1 aromatic rings. The van der Waals surface area contributed by atoms with Crippen molar-refractivity contribution in [2.75, 3.05) is 32.7 Å². The van der Waals surface area contributed by atoms with E-state index in [0.717, 1.165) is 49.1 Å². The molecule has 20 heavy (non-hydrogen) atoms.